The van der Waals surface area contributed by atoms with Gasteiger partial charge in [-0.3, -0.25) is 4.57 Å². The van der Waals surface area contributed by atoms with E-state index in [4.69, 9.17) is 14.5 Å². The summed E-state index contributed by atoms with van der Waals surface area (Å²) in [5.74, 6) is -0.505. The molecule has 0 aromatic heterocycles. The van der Waals surface area contributed by atoms with Crippen molar-refractivity contribution >= 4 is 18.9 Å². The minimum absolute atomic E-state index is 0.115. The van der Waals surface area contributed by atoms with Gasteiger partial charge < -0.3 is 14.5 Å². The molecule has 0 aliphatic heterocycles. The lowest BCUT2D eigenvalue weighted by atomic mass is 10.2. The van der Waals surface area contributed by atoms with E-state index >= 15 is 0 Å². The Balaban J connectivity index is 2.91. The average Bonchev–Trinajstić information content (AvgIpc) is 2.17. The molecule has 0 bridgehead atoms. The van der Waals surface area contributed by atoms with Gasteiger partial charge in [0.15, 0.2) is 0 Å². The van der Waals surface area contributed by atoms with E-state index in [0.717, 1.165) is 0 Å². The lowest BCUT2D eigenvalue weighted by molar-refractivity contribution is 0.0526. The summed E-state index contributed by atoms with van der Waals surface area (Å²) in [4.78, 5) is 28.8. The van der Waals surface area contributed by atoms with E-state index < -0.39 is 13.6 Å². The smallest absolute Gasteiger partial charge is 0.356 e. The first kappa shape index (κ1) is 11.9. The van der Waals surface area contributed by atoms with Crippen molar-refractivity contribution in [3.05, 3.63) is 29.8 Å². The fourth-order valence-electron chi connectivity index (χ4n) is 1.01. The second-order valence-corrected chi connectivity index (χ2v) is 4.42. The van der Waals surface area contributed by atoms with Gasteiger partial charge in [0.05, 0.1) is 17.5 Å². The van der Waals surface area contributed by atoms with E-state index in [1.807, 2.05) is 0 Å². The predicted octanol–water partition coefficient (Wildman–Crippen LogP) is 0.666. The molecule has 1 aromatic carbocycles. The van der Waals surface area contributed by atoms with Crippen molar-refractivity contribution in [1.82, 2.24) is 0 Å². The highest BCUT2D eigenvalue weighted by molar-refractivity contribution is 7.60. The van der Waals surface area contributed by atoms with E-state index in [1.54, 1.807) is 6.92 Å². The number of hydrogen-bond acceptors (Lipinski definition) is 3. The van der Waals surface area contributed by atoms with Gasteiger partial charge in [-0.15, -0.1) is 0 Å². The van der Waals surface area contributed by atoms with Crippen LogP contribution in [0.4, 0.5) is 0 Å². The van der Waals surface area contributed by atoms with Crippen LogP contribution in [0.25, 0.3) is 0 Å². The Morgan fingerprint density at radius 2 is 1.87 bits per heavy atom. The Labute approximate surface area is 86.9 Å². The fourth-order valence-corrected chi connectivity index (χ4v) is 1.54. The van der Waals surface area contributed by atoms with Crippen molar-refractivity contribution < 1.29 is 23.9 Å². The number of rotatable bonds is 3. The van der Waals surface area contributed by atoms with Gasteiger partial charge in [-0.05, 0) is 31.2 Å². The third-order valence-electron chi connectivity index (χ3n) is 1.71. The van der Waals surface area contributed by atoms with E-state index in [9.17, 15) is 9.36 Å². The summed E-state index contributed by atoms with van der Waals surface area (Å²) in [5.41, 5.74) is 0.272. The lowest BCUT2D eigenvalue weighted by Gasteiger charge is -2.05. The molecule has 0 saturated carbocycles. The topological polar surface area (TPSA) is 83.8 Å². The van der Waals surface area contributed by atoms with Crippen molar-refractivity contribution in [3.8, 4) is 0 Å². The molecule has 0 fully saturated rings. The van der Waals surface area contributed by atoms with Crippen LogP contribution in [-0.2, 0) is 9.30 Å². The minimum atomic E-state index is -4.24. The SMILES string of the molecule is CCOC(=O)c1ccc(P(=O)(O)O)cc1. The molecule has 15 heavy (non-hydrogen) atoms. The third-order valence-corrected chi connectivity index (χ3v) is 2.69. The highest BCUT2D eigenvalue weighted by atomic mass is 31.2. The first-order valence-electron chi connectivity index (χ1n) is 4.28. The summed E-state index contributed by atoms with van der Waals surface area (Å²) in [5, 5.41) is -0.115. The molecule has 0 aliphatic rings. The van der Waals surface area contributed by atoms with Gasteiger partial charge in [0.25, 0.3) is 0 Å². The van der Waals surface area contributed by atoms with Crippen molar-refractivity contribution in [2.75, 3.05) is 6.61 Å². The second-order valence-electron chi connectivity index (χ2n) is 2.81. The maximum Gasteiger partial charge on any atom is 0.356 e. The molecule has 0 amide bonds. The molecular formula is C9H11O5P. The van der Waals surface area contributed by atoms with E-state index in [2.05, 4.69) is 0 Å². The van der Waals surface area contributed by atoms with Gasteiger partial charge in [-0.2, -0.15) is 0 Å². The molecule has 0 atom stereocenters. The highest BCUT2D eigenvalue weighted by Crippen LogP contribution is 2.32. The maximum absolute atomic E-state index is 11.2. The van der Waals surface area contributed by atoms with Crippen LogP contribution in [0.3, 0.4) is 0 Å². The largest absolute Gasteiger partial charge is 0.462 e. The molecule has 0 spiro atoms. The van der Waals surface area contributed by atoms with Gasteiger partial charge in [0.2, 0.25) is 0 Å². The van der Waals surface area contributed by atoms with E-state index in [1.165, 1.54) is 24.3 Å². The summed E-state index contributed by atoms with van der Waals surface area (Å²) in [6.07, 6.45) is 0. The van der Waals surface area contributed by atoms with Crippen LogP contribution in [0.15, 0.2) is 24.3 Å². The summed E-state index contributed by atoms with van der Waals surface area (Å²) in [6.45, 7) is 1.95. The van der Waals surface area contributed by atoms with Crippen molar-refractivity contribution in [3.63, 3.8) is 0 Å². The Morgan fingerprint density at radius 1 is 1.33 bits per heavy atom. The van der Waals surface area contributed by atoms with Crippen LogP contribution in [0.1, 0.15) is 17.3 Å². The minimum Gasteiger partial charge on any atom is -0.462 e. The average molecular weight is 230 g/mol. The maximum atomic E-state index is 11.2. The van der Waals surface area contributed by atoms with Crippen molar-refractivity contribution in [2.24, 2.45) is 0 Å². The summed E-state index contributed by atoms with van der Waals surface area (Å²) < 4.78 is 15.5. The van der Waals surface area contributed by atoms with Gasteiger partial charge in [0, 0.05) is 0 Å². The van der Waals surface area contributed by atoms with Crippen LogP contribution in [0.5, 0.6) is 0 Å². The lowest BCUT2D eigenvalue weighted by Crippen LogP contribution is -2.08. The van der Waals surface area contributed by atoms with Gasteiger partial charge >= 0.3 is 13.6 Å². The van der Waals surface area contributed by atoms with Crippen LogP contribution in [0.2, 0.25) is 0 Å². The molecule has 0 unspecified atom stereocenters. The molecule has 82 valence electrons. The normalized spacial score (nSPS) is 11.1. The number of carbonyl (C=O) groups is 1. The van der Waals surface area contributed by atoms with Crippen LogP contribution >= 0.6 is 7.60 Å². The molecular weight excluding hydrogens is 219 g/mol. The molecule has 6 heteroatoms. The van der Waals surface area contributed by atoms with Crippen molar-refractivity contribution in [1.29, 1.82) is 0 Å². The van der Waals surface area contributed by atoms with Crippen LogP contribution < -0.4 is 5.30 Å². The van der Waals surface area contributed by atoms with Gasteiger partial charge in [-0.25, -0.2) is 4.79 Å². The summed E-state index contributed by atoms with van der Waals surface area (Å²) >= 11 is 0. The molecule has 1 rings (SSSR count). The number of ether oxygens (including phenoxy) is 1. The van der Waals surface area contributed by atoms with E-state index in [0.29, 0.717) is 0 Å². The highest BCUT2D eigenvalue weighted by Gasteiger charge is 2.17. The molecule has 1 aromatic rings. The zero-order valence-corrected chi connectivity index (χ0v) is 8.98. The predicted molar refractivity (Wildman–Crippen MR) is 54.1 cm³/mol. The first-order chi connectivity index (χ1) is 6.95. The fraction of sp³-hybridized carbons (Fsp3) is 0.222. The Hall–Kier alpha value is -1.16. The standard InChI is InChI=1S/C9H11O5P/c1-2-14-9(10)7-3-5-8(6-4-7)15(11,12)13/h3-6H,2H2,1H3,(H2,11,12,13). The van der Waals surface area contributed by atoms with E-state index in [-0.39, 0.29) is 17.5 Å². The molecule has 0 aliphatic carbocycles. The first-order valence-corrected chi connectivity index (χ1v) is 5.89. The Morgan fingerprint density at radius 3 is 2.27 bits per heavy atom. The molecule has 2 N–H and O–H groups in total. The molecule has 0 radical (unpaired) electrons. The second kappa shape index (κ2) is 4.57. The number of carbonyl (C=O) groups excluding carboxylic acids is 1. The quantitative estimate of drug-likeness (QED) is 0.588. The number of hydrogen-bond donors (Lipinski definition) is 2. The Bertz CT molecular complexity index is 391. The zero-order chi connectivity index (χ0) is 11.5. The summed E-state index contributed by atoms with van der Waals surface area (Å²) in [7, 11) is -4.24. The zero-order valence-electron chi connectivity index (χ0n) is 8.08. The summed E-state index contributed by atoms with van der Waals surface area (Å²) in [6, 6.07) is 5.08. The van der Waals surface area contributed by atoms with Crippen LogP contribution in [-0.4, -0.2) is 22.4 Å². The third kappa shape index (κ3) is 3.16. The van der Waals surface area contributed by atoms with Crippen LogP contribution in [0, 0.1) is 0 Å². The molecule has 0 saturated heterocycles. The van der Waals surface area contributed by atoms with Gasteiger partial charge in [-0.1, -0.05) is 0 Å². The Kier molecular flexibility index (Phi) is 3.63. The monoisotopic (exact) mass is 230 g/mol. The number of esters is 1. The molecule has 0 heterocycles. The number of benzene rings is 1. The molecule has 5 nitrogen and oxygen atoms in total. The van der Waals surface area contributed by atoms with Crippen molar-refractivity contribution in [2.45, 2.75) is 6.92 Å². The van der Waals surface area contributed by atoms with Gasteiger partial charge in [0.1, 0.15) is 0 Å².